The molecule has 0 aromatic heterocycles. The van der Waals surface area contributed by atoms with Gasteiger partial charge in [-0.2, -0.15) is 0 Å². The zero-order chi connectivity index (χ0) is 15.7. The monoisotopic (exact) mass is 499 g/mol. The summed E-state index contributed by atoms with van der Waals surface area (Å²) in [6, 6.07) is 0. The van der Waals surface area contributed by atoms with E-state index in [9.17, 15) is 0 Å². The molecule has 6 N–H and O–H groups in total. The lowest BCUT2D eigenvalue weighted by molar-refractivity contribution is -0.00000772. The molecule has 0 aromatic carbocycles. The number of unbranched alkanes of at least 4 members (excludes halogenated alkanes) is 4. The first-order valence-electron chi connectivity index (χ1n) is 9.12. The van der Waals surface area contributed by atoms with Gasteiger partial charge in [-0.15, -0.1) is 17.0 Å². The van der Waals surface area contributed by atoms with Crippen LogP contribution in [0.5, 0.6) is 0 Å². The van der Waals surface area contributed by atoms with Gasteiger partial charge in [-0.3, -0.25) is 0 Å². The van der Waals surface area contributed by atoms with Crippen molar-refractivity contribution >= 4 is 24.2 Å². The Hall–Kier alpha value is 1.27. The Kier molecular flexibility index (Phi) is 53.4. The smallest absolute Gasteiger partial charge is 0.0594 e. The number of aliphatic hydroxyl groups is 1. The normalized spacial score (nSPS) is 9.25. The van der Waals surface area contributed by atoms with Gasteiger partial charge in [-0.05, 0) is 32.6 Å². The van der Waals surface area contributed by atoms with Crippen LogP contribution in [-0.2, 0) is 0 Å². The van der Waals surface area contributed by atoms with Crippen molar-refractivity contribution in [3.8, 4) is 0 Å². The van der Waals surface area contributed by atoms with E-state index in [0.717, 1.165) is 0 Å². The molecule has 6 heteroatoms. The third-order valence-electron chi connectivity index (χ3n) is 3.94. The fourth-order valence-electron chi connectivity index (χ4n) is 2.64. The minimum Gasteiger partial charge on any atom is -1.00 e. The van der Waals surface area contributed by atoms with Crippen LogP contribution in [-0.4, -0.2) is 41.8 Å². The summed E-state index contributed by atoms with van der Waals surface area (Å²) in [7, 11) is -0.562. The lowest BCUT2D eigenvalue weighted by Gasteiger charge is -2.28. The molecule has 0 amide bonds. The fourth-order valence-corrected chi connectivity index (χ4v) is 7.93. The average molecular weight is 501 g/mol. The van der Waals surface area contributed by atoms with Gasteiger partial charge in [-0.1, -0.05) is 53.4 Å². The van der Waals surface area contributed by atoms with Crippen molar-refractivity contribution in [2.24, 2.45) is 0 Å². The highest BCUT2D eigenvalue weighted by Gasteiger charge is 2.34. The quantitative estimate of drug-likeness (QED) is 0.403. The maximum atomic E-state index is 7.57. The van der Waals surface area contributed by atoms with Gasteiger partial charge in [0.1, 0.15) is 0 Å². The standard InChI is InChI=1S/C16H36P.C2H6O.2BrH.H3N.H2O/c1-5-9-13-17(14-10-6-2,15-11-7-3)16-12-8-4;1-2-3;;;;/h5-16H2,1-4H3;3H,2H2,1H3;2*1H;1H3;1H2/q+1;;;;;/p-1. The molecule has 0 bridgehead atoms. The predicted octanol–water partition coefficient (Wildman–Crippen LogP) is 3.12. The van der Waals surface area contributed by atoms with Crippen LogP contribution < -0.4 is 23.1 Å². The molecule has 156 valence electrons. The van der Waals surface area contributed by atoms with Crippen LogP contribution in [0.1, 0.15) is 86.0 Å². The van der Waals surface area contributed by atoms with E-state index < -0.39 is 7.26 Å². The number of aliphatic hydroxyl groups excluding tert-OH is 1. The molecule has 0 radical (unpaired) electrons. The molecule has 0 fully saturated rings. The minimum atomic E-state index is -0.562. The van der Waals surface area contributed by atoms with E-state index in [1.807, 2.05) is 0 Å². The molecule has 0 rings (SSSR count). The van der Waals surface area contributed by atoms with Gasteiger partial charge in [0.25, 0.3) is 0 Å². The van der Waals surface area contributed by atoms with E-state index in [4.69, 9.17) is 5.11 Å². The second kappa shape index (κ2) is 32.0. The van der Waals surface area contributed by atoms with Crippen molar-refractivity contribution in [1.29, 1.82) is 0 Å². The zero-order valence-electron chi connectivity index (χ0n) is 17.1. The minimum absolute atomic E-state index is 0. The molecule has 0 atom stereocenters. The third kappa shape index (κ3) is 25.5. The molecule has 0 spiro atoms. The van der Waals surface area contributed by atoms with E-state index in [-0.39, 0.29) is 52.2 Å². The molecule has 0 saturated heterocycles. The Balaban J connectivity index is -0.000000107. The largest absolute Gasteiger partial charge is 1.00 e. The number of hydrogen-bond donors (Lipinski definition) is 2. The highest BCUT2D eigenvalue weighted by Crippen LogP contribution is 2.61. The molecular weight excluding hydrogens is 453 g/mol. The van der Waals surface area contributed by atoms with Crippen molar-refractivity contribution in [2.45, 2.75) is 86.0 Å². The Morgan fingerprint density at radius 3 is 0.917 bits per heavy atom. The summed E-state index contributed by atoms with van der Waals surface area (Å²) < 4.78 is 0. The summed E-state index contributed by atoms with van der Waals surface area (Å²) in [4.78, 5) is 0. The molecule has 0 saturated carbocycles. The van der Waals surface area contributed by atoms with E-state index in [2.05, 4.69) is 27.7 Å². The van der Waals surface area contributed by atoms with Crippen molar-refractivity contribution < 1.29 is 27.6 Å². The highest BCUT2D eigenvalue weighted by molar-refractivity contribution is 8.93. The van der Waals surface area contributed by atoms with E-state index in [0.29, 0.717) is 0 Å². The van der Waals surface area contributed by atoms with Gasteiger partial charge < -0.3 is 33.7 Å². The Morgan fingerprint density at radius 1 is 0.625 bits per heavy atom. The maximum absolute atomic E-state index is 7.57. The molecule has 0 aliphatic carbocycles. The molecule has 0 heterocycles. The van der Waals surface area contributed by atoms with Crippen LogP contribution in [0.4, 0.5) is 0 Å². The topological polar surface area (TPSA) is 86.7 Å². The van der Waals surface area contributed by atoms with E-state index in [1.54, 1.807) is 31.6 Å². The first-order chi connectivity index (χ1) is 9.66. The molecule has 0 aliphatic rings. The summed E-state index contributed by atoms with van der Waals surface area (Å²) in [6.45, 7) is 11.4. The van der Waals surface area contributed by atoms with E-state index >= 15 is 0 Å². The Bertz CT molecular complexity index is 153. The van der Waals surface area contributed by atoms with Gasteiger partial charge in [-0.25, -0.2) is 0 Å². The zero-order valence-corrected chi connectivity index (χ0v) is 21.3. The second-order valence-corrected chi connectivity index (χ2v) is 10.4. The van der Waals surface area contributed by atoms with Crippen LogP contribution in [0.25, 0.3) is 0 Å². The average Bonchev–Trinajstić information content (AvgIpc) is 2.46. The van der Waals surface area contributed by atoms with Crippen molar-refractivity contribution in [3.63, 3.8) is 0 Å². The van der Waals surface area contributed by atoms with Crippen LogP contribution in [0.2, 0.25) is 0 Å². The fraction of sp³-hybridized carbons (Fsp3) is 1.00. The van der Waals surface area contributed by atoms with Crippen LogP contribution >= 0.6 is 24.2 Å². The summed E-state index contributed by atoms with van der Waals surface area (Å²) in [5.74, 6) is 0. The van der Waals surface area contributed by atoms with E-state index in [1.165, 1.54) is 51.4 Å². The summed E-state index contributed by atoms with van der Waals surface area (Å²) in [5.41, 5.74) is 0. The van der Waals surface area contributed by atoms with Crippen LogP contribution in [0, 0.1) is 0 Å². The Morgan fingerprint density at radius 2 is 0.792 bits per heavy atom. The molecular formula is C18H48Br2NO2P. The highest BCUT2D eigenvalue weighted by atomic mass is 79.9. The third-order valence-corrected chi connectivity index (χ3v) is 9.00. The van der Waals surface area contributed by atoms with Crippen molar-refractivity contribution in [1.82, 2.24) is 6.15 Å². The van der Waals surface area contributed by atoms with Crippen molar-refractivity contribution in [3.05, 3.63) is 0 Å². The molecule has 3 nitrogen and oxygen atoms in total. The van der Waals surface area contributed by atoms with Crippen LogP contribution in [0.3, 0.4) is 0 Å². The summed E-state index contributed by atoms with van der Waals surface area (Å²) >= 11 is 0. The SMILES string of the molecule is Br.CCCC[P+](CCCC)(CCCC)CCCC.CCO.N.O.[Br-]. The lowest BCUT2D eigenvalue weighted by atomic mass is 10.4. The lowest BCUT2D eigenvalue weighted by Crippen LogP contribution is -3.00. The summed E-state index contributed by atoms with van der Waals surface area (Å²) in [5, 5.41) is 7.57. The molecule has 0 unspecified atom stereocenters. The molecule has 0 aliphatic heterocycles. The molecule has 0 aromatic rings. The van der Waals surface area contributed by atoms with Gasteiger partial charge in [0.2, 0.25) is 0 Å². The Labute approximate surface area is 174 Å². The van der Waals surface area contributed by atoms with Gasteiger partial charge >= 0.3 is 0 Å². The second-order valence-electron chi connectivity index (χ2n) is 5.97. The van der Waals surface area contributed by atoms with Crippen molar-refractivity contribution in [2.75, 3.05) is 31.3 Å². The van der Waals surface area contributed by atoms with Gasteiger partial charge in [0, 0.05) is 13.9 Å². The maximum Gasteiger partial charge on any atom is 0.0594 e. The first-order valence-corrected chi connectivity index (χ1v) is 11.6. The first kappa shape index (κ1) is 40.1. The van der Waals surface area contributed by atoms with Crippen LogP contribution in [0.15, 0.2) is 0 Å². The number of rotatable bonds is 12. The van der Waals surface area contributed by atoms with Gasteiger partial charge in [0.05, 0.1) is 24.6 Å². The molecule has 24 heavy (non-hydrogen) atoms. The van der Waals surface area contributed by atoms with Gasteiger partial charge in [0.15, 0.2) is 0 Å². The number of hydrogen-bond acceptors (Lipinski definition) is 2. The number of halogens is 2. The predicted molar refractivity (Wildman–Crippen MR) is 118 cm³/mol. The summed E-state index contributed by atoms with van der Waals surface area (Å²) in [6.07, 6.45) is 17.9.